The van der Waals surface area contributed by atoms with Crippen molar-refractivity contribution in [2.75, 3.05) is 19.5 Å². The fraction of sp³-hybridized carbons (Fsp3) is 0.188. The highest BCUT2D eigenvalue weighted by Crippen LogP contribution is 2.35. The lowest BCUT2D eigenvalue weighted by atomic mass is 10.1. The molecule has 1 N–H and O–H groups in total. The fourth-order valence-corrected chi connectivity index (χ4v) is 2.06. The maximum absolute atomic E-state index is 11.4. The number of anilines is 2. The predicted molar refractivity (Wildman–Crippen MR) is 85.9 cm³/mol. The third-order valence-corrected chi connectivity index (χ3v) is 3.28. The van der Waals surface area contributed by atoms with Crippen LogP contribution in [0.4, 0.5) is 17.1 Å². The summed E-state index contributed by atoms with van der Waals surface area (Å²) in [6.07, 6.45) is 0. The molecule has 2 aromatic rings. The fourth-order valence-electron chi connectivity index (χ4n) is 2.06. The molecule has 0 atom stereocenters. The van der Waals surface area contributed by atoms with E-state index in [0.717, 1.165) is 0 Å². The van der Waals surface area contributed by atoms with E-state index in [9.17, 15) is 14.9 Å². The third kappa shape index (κ3) is 3.57. The van der Waals surface area contributed by atoms with Gasteiger partial charge in [0.2, 0.25) is 0 Å². The highest BCUT2D eigenvalue weighted by Gasteiger charge is 2.17. The van der Waals surface area contributed by atoms with Gasteiger partial charge in [-0.25, -0.2) is 0 Å². The standard InChI is InChI=1S/C16H16N2O5/c1-10(19)11-4-6-13(15(8-11)18(20)21)17-14-9-12(22-2)5-7-16(14)23-3/h4-9,17H,1-3H3. The van der Waals surface area contributed by atoms with E-state index in [4.69, 9.17) is 9.47 Å². The van der Waals surface area contributed by atoms with E-state index in [0.29, 0.717) is 17.2 Å². The molecule has 120 valence electrons. The number of methoxy groups -OCH3 is 2. The van der Waals surface area contributed by atoms with Gasteiger partial charge in [0.1, 0.15) is 17.2 Å². The number of Topliss-reactive ketones (excluding diaryl/α,β-unsaturated/α-hetero) is 1. The molecule has 0 spiro atoms. The van der Waals surface area contributed by atoms with Crippen molar-refractivity contribution >= 4 is 22.8 Å². The Morgan fingerprint density at radius 1 is 1.09 bits per heavy atom. The molecule has 7 heteroatoms. The highest BCUT2D eigenvalue weighted by molar-refractivity contribution is 5.95. The van der Waals surface area contributed by atoms with Crippen LogP contribution in [0, 0.1) is 10.1 Å². The molecule has 2 rings (SSSR count). The van der Waals surface area contributed by atoms with E-state index >= 15 is 0 Å². The largest absolute Gasteiger partial charge is 0.497 e. The zero-order valence-corrected chi connectivity index (χ0v) is 13.0. The lowest BCUT2D eigenvalue weighted by Gasteiger charge is -2.13. The SMILES string of the molecule is COc1ccc(OC)c(Nc2ccc(C(C)=O)cc2[N+](=O)[O-])c1. The van der Waals surface area contributed by atoms with Gasteiger partial charge < -0.3 is 14.8 Å². The summed E-state index contributed by atoms with van der Waals surface area (Å²) < 4.78 is 10.4. The van der Waals surface area contributed by atoms with Gasteiger partial charge in [0.25, 0.3) is 5.69 Å². The van der Waals surface area contributed by atoms with E-state index in [2.05, 4.69) is 5.32 Å². The summed E-state index contributed by atoms with van der Waals surface area (Å²) in [5.41, 5.74) is 0.861. The number of nitrogens with one attached hydrogen (secondary N) is 1. The van der Waals surface area contributed by atoms with Crippen molar-refractivity contribution in [3.8, 4) is 11.5 Å². The first-order chi connectivity index (χ1) is 11.0. The van der Waals surface area contributed by atoms with Gasteiger partial charge in [0.15, 0.2) is 5.78 Å². The first kappa shape index (κ1) is 16.3. The molecule has 0 amide bonds. The van der Waals surface area contributed by atoms with Gasteiger partial charge in [-0.05, 0) is 31.2 Å². The van der Waals surface area contributed by atoms with Gasteiger partial charge in [-0.2, -0.15) is 0 Å². The molecule has 0 unspecified atom stereocenters. The molecule has 0 bridgehead atoms. The van der Waals surface area contributed by atoms with Crippen molar-refractivity contribution in [2.45, 2.75) is 6.92 Å². The van der Waals surface area contributed by atoms with E-state index in [-0.39, 0.29) is 22.7 Å². The van der Waals surface area contributed by atoms with E-state index < -0.39 is 4.92 Å². The number of ether oxygens (including phenoxy) is 2. The van der Waals surface area contributed by atoms with Gasteiger partial charge in [-0.15, -0.1) is 0 Å². The van der Waals surface area contributed by atoms with Crippen molar-refractivity contribution in [2.24, 2.45) is 0 Å². The van der Waals surface area contributed by atoms with Crippen LogP contribution in [0.1, 0.15) is 17.3 Å². The summed E-state index contributed by atoms with van der Waals surface area (Å²) in [5, 5.41) is 14.2. The van der Waals surface area contributed by atoms with Gasteiger partial charge >= 0.3 is 0 Å². The minimum Gasteiger partial charge on any atom is -0.497 e. The first-order valence-electron chi connectivity index (χ1n) is 6.74. The Bertz CT molecular complexity index is 758. The van der Waals surface area contributed by atoms with Crippen molar-refractivity contribution in [3.63, 3.8) is 0 Å². The molecule has 23 heavy (non-hydrogen) atoms. The zero-order chi connectivity index (χ0) is 17.0. The number of ketones is 1. The van der Waals surface area contributed by atoms with Crippen LogP contribution >= 0.6 is 0 Å². The normalized spacial score (nSPS) is 10.0. The second-order valence-electron chi connectivity index (χ2n) is 4.74. The van der Waals surface area contributed by atoms with Crippen LogP contribution in [0.15, 0.2) is 36.4 Å². The monoisotopic (exact) mass is 316 g/mol. The molecule has 0 radical (unpaired) electrons. The first-order valence-corrected chi connectivity index (χ1v) is 6.74. The Balaban J connectivity index is 2.47. The number of hydrogen-bond acceptors (Lipinski definition) is 6. The summed E-state index contributed by atoms with van der Waals surface area (Å²) in [7, 11) is 3.02. The molecule has 0 saturated carbocycles. The smallest absolute Gasteiger partial charge is 0.293 e. The number of carbonyl (C=O) groups is 1. The number of rotatable bonds is 6. The molecule has 0 heterocycles. The average Bonchev–Trinajstić information content (AvgIpc) is 2.54. The Labute approximate surface area is 133 Å². The summed E-state index contributed by atoms with van der Waals surface area (Å²) in [6.45, 7) is 1.36. The molecule has 0 aliphatic rings. The lowest BCUT2D eigenvalue weighted by molar-refractivity contribution is -0.383. The molecular weight excluding hydrogens is 300 g/mol. The Kier molecular flexibility index (Phi) is 4.80. The molecule has 0 fully saturated rings. The third-order valence-electron chi connectivity index (χ3n) is 3.28. The molecular formula is C16H16N2O5. The number of nitro groups is 1. The van der Waals surface area contributed by atoms with Crippen LogP contribution in [-0.4, -0.2) is 24.9 Å². The Morgan fingerprint density at radius 2 is 1.83 bits per heavy atom. The minimum atomic E-state index is -0.540. The van der Waals surface area contributed by atoms with Crippen LogP contribution in [0.2, 0.25) is 0 Å². The van der Waals surface area contributed by atoms with Crippen LogP contribution in [-0.2, 0) is 0 Å². The van der Waals surface area contributed by atoms with Crippen LogP contribution < -0.4 is 14.8 Å². The molecule has 2 aromatic carbocycles. The van der Waals surface area contributed by atoms with Gasteiger partial charge in [-0.1, -0.05) is 0 Å². The average molecular weight is 316 g/mol. The summed E-state index contributed by atoms with van der Waals surface area (Å²) >= 11 is 0. The maximum Gasteiger partial charge on any atom is 0.293 e. The summed E-state index contributed by atoms with van der Waals surface area (Å²) in [5.74, 6) is 0.852. The Hall–Kier alpha value is -3.09. The molecule has 0 aromatic heterocycles. The van der Waals surface area contributed by atoms with Crippen molar-refractivity contribution < 1.29 is 19.2 Å². The van der Waals surface area contributed by atoms with Gasteiger partial charge in [-0.3, -0.25) is 14.9 Å². The minimum absolute atomic E-state index is 0.192. The quantitative estimate of drug-likeness (QED) is 0.498. The van der Waals surface area contributed by atoms with Crippen molar-refractivity contribution in [1.29, 1.82) is 0 Å². The topological polar surface area (TPSA) is 90.7 Å². The number of hydrogen-bond donors (Lipinski definition) is 1. The van der Waals surface area contributed by atoms with Crippen molar-refractivity contribution in [1.82, 2.24) is 0 Å². The molecule has 0 aliphatic heterocycles. The predicted octanol–water partition coefficient (Wildman–Crippen LogP) is 3.56. The maximum atomic E-state index is 11.4. The number of carbonyl (C=O) groups excluding carboxylic acids is 1. The van der Waals surface area contributed by atoms with Gasteiger partial charge in [0, 0.05) is 17.7 Å². The second-order valence-corrected chi connectivity index (χ2v) is 4.74. The number of benzene rings is 2. The molecule has 0 aliphatic carbocycles. The second kappa shape index (κ2) is 6.78. The lowest BCUT2D eigenvalue weighted by Crippen LogP contribution is -2.01. The van der Waals surface area contributed by atoms with Crippen LogP contribution in [0.5, 0.6) is 11.5 Å². The number of nitro benzene ring substituents is 1. The van der Waals surface area contributed by atoms with Crippen LogP contribution in [0.25, 0.3) is 0 Å². The number of nitrogens with zero attached hydrogens (tertiary/aromatic N) is 1. The Morgan fingerprint density at radius 3 is 2.39 bits per heavy atom. The zero-order valence-electron chi connectivity index (χ0n) is 13.0. The van der Waals surface area contributed by atoms with Crippen LogP contribution in [0.3, 0.4) is 0 Å². The van der Waals surface area contributed by atoms with E-state index in [1.54, 1.807) is 18.2 Å². The highest BCUT2D eigenvalue weighted by atomic mass is 16.6. The van der Waals surface area contributed by atoms with Gasteiger partial charge in [0.05, 0.1) is 24.8 Å². The summed E-state index contributed by atoms with van der Waals surface area (Å²) in [4.78, 5) is 22.1. The summed E-state index contributed by atoms with van der Waals surface area (Å²) in [6, 6.07) is 9.35. The molecule has 7 nitrogen and oxygen atoms in total. The van der Waals surface area contributed by atoms with Crippen molar-refractivity contribution in [3.05, 3.63) is 52.1 Å². The van der Waals surface area contributed by atoms with E-state index in [1.165, 1.54) is 39.3 Å². The molecule has 0 saturated heterocycles. The van der Waals surface area contributed by atoms with E-state index in [1.807, 2.05) is 0 Å².